The lowest BCUT2D eigenvalue weighted by molar-refractivity contribution is -0.116. The van der Waals surface area contributed by atoms with Crippen molar-refractivity contribution in [3.05, 3.63) is 35.8 Å². The van der Waals surface area contributed by atoms with Crippen LogP contribution in [0.25, 0.3) is 22.2 Å². The molecule has 0 atom stereocenters. The fraction of sp³-hybridized carbons (Fsp3) is 0.294. The van der Waals surface area contributed by atoms with Crippen LogP contribution in [-0.2, 0) is 4.79 Å². The lowest BCUT2D eigenvalue weighted by atomic mass is 10.1. The first-order chi connectivity index (χ1) is 11.9. The molecular formula is C17H17FN4O2S. The molecule has 25 heavy (non-hydrogen) atoms. The number of aromatic nitrogens is 3. The number of thiazole rings is 1. The van der Waals surface area contributed by atoms with E-state index in [-0.39, 0.29) is 17.6 Å². The first-order valence-electron chi connectivity index (χ1n) is 7.79. The van der Waals surface area contributed by atoms with E-state index >= 15 is 0 Å². The van der Waals surface area contributed by atoms with Gasteiger partial charge in [0, 0.05) is 12.0 Å². The van der Waals surface area contributed by atoms with Gasteiger partial charge in [-0.1, -0.05) is 30.3 Å². The zero-order valence-corrected chi connectivity index (χ0v) is 14.9. The van der Waals surface area contributed by atoms with E-state index in [2.05, 4.69) is 20.4 Å². The molecule has 2 aromatic heterocycles. The molecule has 0 unspecified atom stereocenters. The van der Waals surface area contributed by atoms with E-state index in [0.717, 1.165) is 0 Å². The molecule has 0 radical (unpaired) electrons. The van der Waals surface area contributed by atoms with Gasteiger partial charge >= 0.3 is 0 Å². The van der Waals surface area contributed by atoms with Crippen molar-refractivity contribution in [1.82, 2.24) is 15.1 Å². The molecule has 1 amide bonds. The van der Waals surface area contributed by atoms with Crippen LogP contribution in [-0.4, -0.2) is 21.0 Å². The van der Waals surface area contributed by atoms with Crippen LogP contribution in [0.4, 0.5) is 9.52 Å². The fourth-order valence-corrected chi connectivity index (χ4v) is 3.13. The molecule has 8 heteroatoms. The van der Waals surface area contributed by atoms with Crippen molar-refractivity contribution in [3.63, 3.8) is 0 Å². The summed E-state index contributed by atoms with van der Waals surface area (Å²) in [6, 6.07) is 5.85. The normalized spacial score (nSPS) is 11.1. The summed E-state index contributed by atoms with van der Waals surface area (Å²) in [6.45, 7) is 5.77. The first kappa shape index (κ1) is 17.2. The highest BCUT2D eigenvalue weighted by atomic mass is 32.1. The number of hydrogen-bond acceptors (Lipinski definition) is 6. The second-order valence-electron chi connectivity index (χ2n) is 6.01. The number of anilines is 1. The van der Waals surface area contributed by atoms with Crippen LogP contribution in [0.3, 0.4) is 0 Å². The van der Waals surface area contributed by atoms with E-state index in [9.17, 15) is 9.18 Å². The number of carbonyl (C=O) groups is 1. The van der Waals surface area contributed by atoms with Crippen molar-refractivity contribution in [2.75, 3.05) is 5.32 Å². The Labute approximate surface area is 148 Å². The van der Waals surface area contributed by atoms with Gasteiger partial charge in [-0.25, -0.2) is 9.37 Å². The minimum absolute atomic E-state index is 0.0761. The Balaban J connectivity index is 1.81. The molecule has 0 fully saturated rings. The Hall–Kier alpha value is -2.61. The quantitative estimate of drug-likeness (QED) is 0.734. The predicted octanol–water partition coefficient (Wildman–Crippen LogP) is 4.29. The van der Waals surface area contributed by atoms with Gasteiger partial charge in [0.2, 0.25) is 11.7 Å². The van der Waals surface area contributed by atoms with Crippen LogP contribution in [0.5, 0.6) is 0 Å². The van der Waals surface area contributed by atoms with Gasteiger partial charge in [-0.2, -0.15) is 4.98 Å². The average Bonchev–Trinajstić information content (AvgIpc) is 3.14. The summed E-state index contributed by atoms with van der Waals surface area (Å²) >= 11 is 1.28. The van der Waals surface area contributed by atoms with Gasteiger partial charge in [-0.3, -0.25) is 4.79 Å². The molecule has 0 aliphatic carbocycles. The summed E-state index contributed by atoms with van der Waals surface area (Å²) in [4.78, 5) is 21.2. The van der Waals surface area contributed by atoms with Crippen LogP contribution in [0, 0.1) is 18.7 Å². The van der Waals surface area contributed by atoms with Crippen molar-refractivity contribution in [2.45, 2.75) is 27.2 Å². The third-order valence-electron chi connectivity index (χ3n) is 3.36. The van der Waals surface area contributed by atoms with Crippen LogP contribution >= 0.6 is 11.3 Å². The lowest BCUT2D eigenvalue weighted by Gasteiger charge is -2.03. The van der Waals surface area contributed by atoms with Gasteiger partial charge in [-0.05, 0) is 37.1 Å². The minimum Gasteiger partial charge on any atom is -0.333 e. The van der Waals surface area contributed by atoms with Crippen molar-refractivity contribution in [3.8, 4) is 22.2 Å². The zero-order valence-electron chi connectivity index (χ0n) is 14.0. The van der Waals surface area contributed by atoms with Gasteiger partial charge < -0.3 is 9.84 Å². The summed E-state index contributed by atoms with van der Waals surface area (Å²) in [6.07, 6.45) is 0.434. The third kappa shape index (κ3) is 4.08. The van der Waals surface area contributed by atoms with Crippen LogP contribution in [0.1, 0.15) is 26.0 Å². The molecule has 1 aromatic carbocycles. The van der Waals surface area contributed by atoms with E-state index in [1.807, 2.05) is 20.8 Å². The third-order valence-corrected chi connectivity index (χ3v) is 4.42. The maximum absolute atomic E-state index is 13.0. The highest BCUT2D eigenvalue weighted by Crippen LogP contribution is 2.33. The van der Waals surface area contributed by atoms with Crippen LogP contribution < -0.4 is 5.32 Å². The van der Waals surface area contributed by atoms with Gasteiger partial charge in [0.25, 0.3) is 5.89 Å². The number of nitrogens with zero attached hydrogens (tertiary/aromatic N) is 3. The first-order valence-corrected chi connectivity index (χ1v) is 8.61. The second kappa shape index (κ2) is 7.10. The Morgan fingerprint density at radius 1 is 1.28 bits per heavy atom. The minimum atomic E-state index is -0.326. The van der Waals surface area contributed by atoms with Crippen LogP contribution in [0.2, 0.25) is 0 Å². The van der Waals surface area contributed by atoms with Gasteiger partial charge in [0.1, 0.15) is 10.7 Å². The number of aryl methyl sites for hydroxylation is 1. The van der Waals surface area contributed by atoms with E-state index < -0.39 is 0 Å². The monoisotopic (exact) mass is 360 g/mol. The van der Waals surface area contributed by atoms with Crippen LogP contribution in [0.15, 0.2) is 28.8 Å². The Morgan fingerprint density at radius 3 is 2.68 bits per heavy atom. The highest BCUT2D eigenvalue weighted by molar-refractivity contribution is 7.19. The molecule has 0 bridgehead atoms. The Morgan fingerprint density at radius 2 is 2.00 bits per heavy atom. The zero-order chi connectivity index (χ0) is 18.0. The number of carbonyl (C=O) groups excluding carboxylic acids is 1. The number of hydrogen-bond donors (Lipinski definition) is 1. The molecule has 130 valence electrons. The number of nitrogens with one attached hydrogen (secondary N) is 1. The molecule has 0 saturated carbocycles. The maximum atomic E-state index is 13.0. The number of halogens is 1. The molecule has 0 spiro atoms. The number of rotatable bonds is 5. The summed E-state index contributed by atoms with van der Waals surface area (Å²) < 4.78 is 18.3. The van der Waals surface area contributed by atoms with E-state index in [4.69, 9.17) is 4.52 Å². The SMILES string of the molecule is Cc1nc(NC(=O)CC(C)C)sc1-c1nc(-c2ccc(F)cc2)no1. The summed E-state index contributed by atoms with van der Waals surface area (Å²) in [5, 5.41) is 7.21. The highest BCUT2D eigenvalue weighted by Gasteiger charge is 2.18. The van der Waals surface area contributed by atoms with Crippen molar-refractivity contribution < 1.29 is 13.7 Å². The number of amides is 1. The standard InChI is InChI=1S/C17H17FN4O2S/c1-9(2)8-13(23)20-17-19-10(3)14(25-17)16-21-15(22-24-16)11-4-6-12(18)7-5-11/h4-7,9H,8H2,1-3H3,(H,19,20,23). The topological polar surface area (TPSA) is 80.9 Å². The van der Waals surface area contributed by atoms with E-state index in [0.29, 0.717) is 39.4 Å². The lowest BCUT2D eigenvalue weighted by Crippen LogP contribution is -2.13. The molecule has 6 nitrogen and oxygen atoms in total. The molecule has 1 N–H and O–H groups in total. The Bertz CT molecular complexity index is 886. The molecule has 0 aliphatic rings. The largest absolute Gasteiger partial charge is 0.333 e. The smallest absolute Gasteiger partial charge is 0.270 e. The molecule has 2 heterocycles. The fourth-order valence-electron chi connectivity index (χ4n) is 2.22. The number of benzene rings is 1. The molecular weight excluding hydrogens is 343 g/mol. The van der Waals surface area contributed by atoms with E-state index in [1.54, 1.807) is 12.1 Å². The van der Waals surface area contributed by atoms with Crippen molar-refractivity contribution in [1.29, 1.82) is 0 Å². The van der Waals surface area contributed by atoms with Gasteiger partial charge in [-0.15, -0.1) is 0 Å². The summed E-state index contributed by atoms with van der Waals surface area (Å²) in [5.74, 6) is 0.557. The Kier molecular flexibility index (Phi) is 4.89. The predicted molar refractivity (Wildman–Crippen MR) is 93.6 cm³/mol. The second-order valence-corrected chi connectivity index (χ2v) is 7.01. The van der Waals surface area contributed by atoms with E-state index in [1.165, 1.54) is 23.5 Å². The summed E-state index contributed by atoms with van der Waals surface area (Å²) in [7, 11) is 0. The van der Waals surface area contributed by atoms with Gasteiger partial charge in [0.15, 0.2) is 5.13 Å². The van der Waals surface area contributed by atoms with Gasteiger partial charge in [0.05, 0.1) is 5.69 Å². The average molecular weight is 360 g/mol. The molecule has 0 aliphatic heterocycles. The molecule has 0 saturated heterocycles. The van der Waals surface area contributed by atoms with Crippen molar-refractivity contribution in [2.24, 2.45) is 5.92 Å². The molecule has 3 rings (SSSR count). The maximum Gasteiger partial charge on any atom is 0.270 e. The molecule has 3 aromatic rings. The summed E-state index contributed by atoms with van der Waals surface area (Å²) in [5.41, 5.74) is 1.35. The van der Waals surface area contributed by atoms with Crippen molar-refractivity contribution >= 4 is 22.4 Å².